The zero-order valence-corrected chi connectivity index (χ0v) is 16.3. The second-order valence-corrected chi connectivity index (χ2v) is 9.87. The molecule has 0 aromatic rings. The van der Waals surface area contributed by atoms with Gasteiger partial charge in [-0.2, -0.15) is 0 Å². The zero-order valence-electron chi connectivity index (χ0n) is 16.3. The minimum atomic E-state index is 0.0624. The SMILES string of the molecule is CC1(C)C[C@@H](CN2CCC3(CCC(=O)N(C4CCC4)C3)CC2)CCO1. The fourth-order valence-corrected chi connectivity index (χ4v) is 5.57. The van der Waals surface area contributed by atoms with Crippen LogP contribution in [0.2, 0.25) is 0 Å². The van der Waals surface area contributed by atoms with Crippen molar-refractivity contribution < 1.29 is 9.53 Å². The maximum absolute atomic E-state index is 12.3. The highest BCUT2D eigenvalue weighted by molar-refractivity contribution is 5.77. The first kappa shape index (κ1) is 17.8. The highest BCUT2D eigenvalue weighted by Crippen LogP contribution is 2.43. The van der Waals surface area contributed by atoms with Crippen molar-refractivity contribution in [3.8, 4) is 0 Å². The number of hydrogen-bond donors (Lipinski definition) is 0. The van der Waals surface area contributed by atoms with Crippen LogP contribution in [0.5, 0.6) is 0 Å². The first-order valence-corrected chi connectivity index (χ1v) is 10.6. The minimum absolute atomic E-state index is 0.0624. The van der Waals surface area contributed by atoms with Crippen LogP contribution in [-0.2, 0) is 9.53 Å². The molecule has 3 saturated heterocycles. The molecule has 0 unspecified atom stereocenters. The predicted molar refractivity (Wildman–Crippen MR) is 99.4 cm³/mol. The smallest absolute Gasteiger partial charge is 0.222 e. The summed E-state index contributed by atoms with van der Waals surface area (Å²) in [6, 6.07) is 0.576. The Kier molecular flexibility index (Phi) is 4.87. The minimum Gasteiger partial charge on any atom is -0.376 e. The van der Waals surface area contributed by atoms with Gasteiger partial charge in [-0.1, -0.05) is 0 Å². The number of hydrogen-bond acceptors (Lipinski definition) is 3. The van der Waals surface area contributed by atoms with Crippen LogP contribution < -0.4 is 0 Å². The Morgan fingerprint density at radius 1 is 1.12 bits per heavy atom. The highest BCUT2D eigenvalue weighted by Gasteiger charge is 2.44. The van der Waals surface area contributed by atoms with Gasteiger partial charge >= 0.3 is 0 Å². The molecule has 0 bridgehead atoms. The summed E-state index contributed by atoms with van der Waals surface area (Å²) in [5.74, 6) is 1.22. The molecule has 4 fully saturated rings. The lowest BCUT2D eigenvalue weighted by Crippen LogP contribution is -2.56. The summed E-state index contributed by atoms with van der Waals surface area (Å²) in [5.41, 5.74) is 0.488. The molecule has 3 aliphatic heterocycles. The van der Waals surface area contributed by atoms with Crippen molar-refractivity contribution in [3.63, 3.8) is 0 Å². The van der Waals surface area contributed by atoms with Gasteiger partial charge in [-0.05, 0) is 89.6 Å². The van der Waals surface area contributed by atoms with Gasteiger partial charge < -0.3 is 14.5 Å². The Labute approximate surface area is 153 Å². The number of likely N-dealkylation sites (tertiary alicyclic amines) is 2. The fraction of sp³-hybridized carbons (Fsp3) is 0.952. The van der Waals surface area contributed by atoms with Crippen molar-refractivity contribution >= 4 is 5.91 Å². The number of carbonyl (C=O) groups excluding carboxylic acids is 1. The van der Waals surface area contributed by atoms with Crippen molar-refractivity contribution in [3.05, 3.63) is 0 Å². The molecular formula is C21H36N2O2. The van der Waals surface area contributed by atoms with Gasteiger partial charge in [0.15, 0.2) is 0 Å². The maximum Gasteiger partial charge on any atom is 0.222 e. The lowest BCUT2D eigenvalue weighted by atomic mass is 9.71. The molecule has 1 saturated carbocycles. The Balaban J connectivity index is 1.29. The van der Waals surface area contributed by atoms with E-state index in [4.69, 9.17) is 4.74 Å². The summed E-state index contributed by atoms with van der Waals surface area (Å²) in [5, 5.41) is 0. The van der Waals surface area contributed by atoms with Crippen LogP contribution in [0.1, 0.15) is 71.6 Å². The molecule has 1 amide bonds. The van der Waals surface area contributed by atoms with Crippen molar-refractivity contribution in [2.24, 2.45) is 11.3 Å². The van der Waals surface area contributed by atoms with Crippen molar-refractivity contribution in [1.29, 1.82) is 0 Å². The van der Waals surface area contributed by atoms with Gasteiger partial charge in [-0.25, -0.2) is 0 Å². The second kappa shape index (κ2) is 6.84. The van der Waals surface area contributed by atoms with Gasteiger partial charge in [0.05, 0.1) is 5.60 Å². The van der Waals surface area contributed by atoms with E-state index >= 15 is 0 Å². The van der Waals surface area contributed by atoms with Gasteiger partial charge in [-0.3, -0.25) is 4.79 Å². The number of ether oxygens (including phenoxy) is 1. The first-order valence-electron chi connectivity index (χ1n) is 10.6. The lowest BCUT2D eigenvalue weighted by Gasteiger charge is -2.51. The number of amides is 1. The van der Waals surface area contributed by atoms with Crippen LogP contribution in [0.25, 0.3) is 0 Å². The summed E-state index contributed by atoms with van der Waals surface area (Å²) in [6.45, 7) is 10.1. The highest BCUT2D eigenvalue weighted by atomic mass is 16.5. The molecule has 142 valence electrons. The van der Waals surface area contributed by atoms with Crippen molar-refractivity contribution in [2.75, 3.05) is 32.8 Å². The molecule has 0 aromatic carbocycles. The third-order valence-corrected chi connectivity index (χ3v) is 7.44. The van der Waals surface area contributed by atoms with Crippen molar-refractivity contribution in [1.82, 2.24) is 9.80 Å². The molecule has 3 heterocycles. The lowest BCUT2D eigenvalue weighted by molar-refractivity contribution is -0.144. The standard InChI is InChI=1S/C21H36N2O2/c1-20(2)14-17(7-13-25-20)15-22-11-9-21(10-12-22)8-6-19(24)23(16-21)18-4-3-5-18/h17-18H,3-16H2,1-2H3/t17-/m0/s1. The summed E-state index contributed by atoms with van der Waals surface area (Å²) < 4.78 is 5.88. The number of nitrogens with zero attached hydrogens (tertiary/aromatic N) is 2. The predicted octanol–water partition coefficient (Wildman–Crippen LogP) is 3.45. The van der Waals surface area contributed by atoms with E-state index in [1.54, 1.807) is 0 Å². The van der Waals surface area contributed by atoms with Crippen LogP contribution >= 0.6 is 0 Å². The van der Waals surface area contributed by atoms with E-state index in [1.807, 2.05) is 0 Å². The fourth-order valence-electron chi connectivity index (χ4n) is 5.57. The summed E-state index contributed by atoms with van der Waals surface area (Å²) in [7, 11) is 0. The number of piperidine rings is 2. The van der Waals surface area contributed by atoms with Crippen molar-refractivity contribution in [2.45, 2.75) is 83.3 Å². The van der Waals surface area contributed by atoms with Gasteiger partial charge in [0, 0.05) is 32.2 Å². The summed E-state index contributed by atoms with van der Waals surface area (Å²) >= 11 is 0. The zero-order chi connectivity index (χ0) is 17.5. The van der Waals surface area contributed by atoms with E-state index in [-0.39, 0.29) is 5.60 Å². The third kappa shape index (κ3) is 3.90. The van der Waals surface area contributed by atoms with E-state index in [0.717, 1.165) is 31.9 Å². The molecule has 4 nitrogen and oxygen atoms in total. The van der Waals surface area contributed by atoms with E-state index in [2.05, 4.69) is 23.6 Å². The first-order chi connectivity index (χ1) is 11.9. The number of rotatable bonds is 3. The van der Waals surface area contributed by atoms with E-state index in [1.165, 1.54) is 64.6 Å². The monoisotopic (exact) mass is 348 g/mol. The quantitative estimate of drug-likeness (QED) is 0.783. The molecule has 4 aliphatic rings. The van der Waals surface area contributed by atoms with Gasteiger partial charge in [0.2, 0.25) is 5.91 Å². The largest absolute Gasteiger partial charge is 0.376 e. The molecule has 1 spiro atoms. The van der Waals surface area contributed by atoms with Gasteiger partial charge in [-0.15, -0.1) is 0 Å². The van der Waals surface area contributed by atoms with Crippen LogP contribution in [0, 0.1) is 11.3 Å². The molecule has 4 rings (SSSR count). The summed E-state index contributed by atoms with van der Waals surface area (Å²) in [6.07, 6.45) is 10.7. The second-order valence-electron chi connectivity index (χ2n) is 9.87. The molecule has 25 heavy (non-hydrogen) atoms. The van der Waals surface area contributed by atoms with Crippen LogP contribution in [-0.4, -0.2) is 60.1 Å². The molecular weight excluding hydrogens is 312 g/mol. The van der Waals surface area contributed by atoms with Crippen LogP contribution in [0.4, 0.5) is 0 Å². The Morgan fingerprint density at radius 3 is 2.52 bits per heavy atom. The molecule has 1 atom stereocenters. The van der Waals surface area contributed by atoms with E-state index < -0.39 is 0 Å². The van der Waals surface area contributed by atoms with Crippen LogP contribution in [0.3, 0.4) is 0 Å². The summed E-state index contributed by atoms with van der Waals surface area (Å²) in [4.78, 5) is 17.3. The average Bonchev–Trinajstić information content (AvgIpc) is 2.51. The Morgan fingerprint density at radius 2 is 1.88 bits per heavy atom. The third-order valence-electron chi connectivity index (χ3n) is 7.44. The Hall–Kier alpha value is -0.610. The normalized spacial score (nSPS) is 33.4. The van der Waals surface area contributed by atoms with Gasteiger partial charge in [0.25, 0.3) is 0 Å². The average molecular weight is 349 g/mol. The molecule has 0 radical (unpaired) electrons. The topological polar surface area (TPSA) is 32.8 Å². The van der Waals surface area contributed by atoms with Crippen LogP contribution in [0.15, 0.2) is 0 Å². The van der Waals surface area contributed by atoms with Gasteiger partial charge in [0.1, 0.15) is 0 Å². The molecule has 0 N–H and O–H groups in total. The van der Waals surface area contributed by atoms with E-state index in [9.17, 15) is 4.79 Å². The Bertz CT molecular complexity index is 492. The number of carbonyl (C=O) groups is 1. The maximum atomic E-state index is 12.3. The van der Waals surface area contributed by atoms with E-state index in [0.29, 0.717) is 17.4 Å². The molecule has 0 aromatic heterocycles. The molecule has 4 heteroatoms. The molecule has 1 aliphatic carbocycles.